The average molecular weight is 317 g/mol. The maximum absolute atomic E-state index is 11.2. The second-order valence-corrected chi connectivity index (χ2v) is 6.13. The Balaban J connectivity index is 2.38. The van der Waals surface area contributed by atoms with Crippen LogP contribution in [0.2, 0.25) is 0 Å². The van der Waals surface area contributed by atoms with E-state index in [-0.39, 0.29) is 5.75 Å². The number of hydrogen-bond acceptors (Lipinski definition) is 5. The third-order valence-electron chi connectivity index (χ3n) is 3.02. The number of benzene rings is 2. The lowest BCUT2D eigenvalue weighted by Crippen LogP contribution is -2.29. The molecular weight excluding hydrogens is 302 g/mol. The molecule has 0 heterocycles. The van der Waals surface area contributed by atoms with Crippen molar-refractivity contribution < 1.29 is 19.4 Å². The Bertz CT molecular complexity index is 687. The fraction of sp³-hybridized carbons (Fsp3) is 0.125. The zero-order chi connectivity index (χ0) is 16.2. The van der Waals surface area contributed by atoms with Gasteiger partial charge in [-0.05, 0) is 25.1 Å². The first-order chi connectivity index (χ1) is 10.4. The van der Waals surface area contributed by atoms with Gasteiger partial charge in [-0.1, -0.05) is 42.1 Å². The van der Waals surface area contributed by atoms with E-state index in [4.69, 9.17) is 10.5 Å². The lowest BCUT2D eigenvalue weighted by Gasteiger charge is -2.29. The van der Waals surface area contributed by atoms with Crippen molar-refractivity contribution in [3.63, 3.8) is 0 Å². The van der Waals surface area contributed by atoms with E-state index in [2.05, 4.69) is 0 Å². The van der Waals surface area contributed by atoms with Gasteiger partial charge >= 0.3 is 6.09 Å². The van der Waals surface area contributed by atoms with Crippen molar-refractivity contribution >= 4 is 24.1 Å². The van der Waals surface area contributed by atoms with Gasteiger partial charge in [-0.2, -0.15) is 0 Å². The Labute approximate surface area is 132 Å². The Morgan fingerprint density at radius 3 is 2.41 bits per heavy atom. The molecule has 5 nitrogen and oxygen atoms in total. The first kappa shape index (κ1) is 15.9. The molecule has 0 radical (unpaired) electrons. The number of amides is 1. The molecule has 6 heteroatoms. The van der Waals surface area contributed by atoms with Crippen LogP contribution in [-0.2, 0) is 9.67 Å². The Morgan fingerprint density at radius 1 is 1.23 bits per heavy atom. The highest BCUT2D eigenvalue weighted by atomic mass is 32.2. The lowest BCUT2D eigenvalue weighted by atomic mass is 10.1. The van der Waals surface area contributed by atoms with Crippen LogP contribution in [0.4, 0.5) is 4.79 Å². The second kappa shape index (κ2) is 6.53. The summed E-state index contributed by atoms with van der Waals surface area (Å²) >= 11 is 1.21. The number of primary amides is 1. The van der Waals surface area contributed by atoms with Gasteiger partial charge in [-0.15, -0.1) is 0 Å². The minimum absolute atomic E-state index is 0.00302. The summed E-state index contributed by atoms with van der Waals surface area (Å²) in [5.74, 6) is 0.00302. The van der Waals surface area contributed by atoms with E-state index >= 15 is 0 Å². The molecule has 2 aromatic rings. The van der Waals surface area contributed by atoms with E-state index in [0.29, 0.717) is 11.1 Å². The molecular formula is C16H15NO4S. The molecule has 0 spiro atoms. The smallest absolute Gasteiger partial charge is 0.406 e. The number of rotatable bonds is 5. The molecule has 1 unspecified atom stereocenters. The van der Waals surface area contributed by atoms with Gasteiger partial charge in [0, 0.05) is 16.0 Å². The minimum atomic E-state index is -1.19. The van der Waals surface area contributed by atoms with Gasteiger partial charge in [0.25, 0.3) is 0 Å². The number of aromatic hydroxyl groups is 1. The largest absolute Gasteiger partial charge is 0.507 e. The molecule has 1 atom stereocenters. The Hall–Kier alpha value is -2.47. The van der Waals surface area contributed by atoms with Crippen molar-refractivity contribution in [3.05, 3.63) is 59.7 Å². The SMILES string of the molecule is CC(OC(N)=O)(Sc1ccc(C=O)cc1)c1ccccc1O. The van der Waals surface area contributed by atoms with Crippen molar-refractivity contribution in [2.24, 2.45) is 5.73 Å². The van der Waals surface area contributed by atoms with Crippen LogP contribution in [0.15, 0.2) is 53.4 Å². The monoisotopic (exact) mass is 317 g/mol. The van der Waals surface area contributed by atoms with Gasteiger partial charge in [0.15, 0.2) is 4.93 Å². The zero-order valence-corrected chi connectivity index (χ0v) is 12.7. The molecule has 2 rings (SSSR count). The first-order valence-corrected chi connectivity index (χ1v) is 7.27. The van der Waals surface area contributed by atoms with E-state index in [1.807, 2.05) is 0 Å². The van der Waals surface area contributed by atoms with Crippen molar-refractivity contribution in [1.82, 2.24) is 0 Å². The maximum Gasteiger partial charge on any atom is 0.406 e. The third kappa shape index (κ3) is 3.59. The number of aldehydes is 1. The predicted octanol–water partition coefficient (Wildman–Crippen LogP) is 3.27. The van der Waals surface area contributed by atoms with Gasteiger partial charge in [-0.25, -0.2) is 4.79 Å². The summed E-state index contributed by atoms with van der Waals surface area (Å²) in [4.78, 5) is 21.5. The summed E-state index contributed by atoms with van der Waals surface area (Å²) in [6.07, 6.45) is -0.195. The van der Waals surface area contributed by atoms with Crippen LogP contribution >= 0.6 is 11.8 Å². The summed E-state index contributed by atoms with van der Waals surface area (Å²) in [6, 6.07) is 13.4. The summed E-state index contributed by atoms with van der Waals surface area (Å²) in [7, 11) is 0. The van der Waals surface area contributed by atoms with E-state index in [0.717, 1.165) is 11.2 Å². The number of phenols is 1. The van der Waals surface area contributed by atoms with Gasteiger partial charge in [-0.3, -0.25) is 4.79 Å². The van der Waals surface area contributed by atoms with Gasteiger partial charge in [0.05, 0.1) is 0 Å². The summed E-state index contributed by atoms with van der Waals surface area (Å²) < 4.78 is 5.24. The van der Waals surface area contributed by atoms with Crippen LogP contribution in [-0.4, -0.2) is 17.5 Å². The molecule has 0 saturated heterocycles. The van der Waals surface area contributed by atoms with Crippen molar-refractivity contribution in [3.8, 4) is 5.75 Å². The number of nitrogens with two attached hydrogens (primary N) is 1. The number of ether oxygens (including phenoxy) is 1. The van der Waals surface area contributed by atoms with Gasteiger partial charge < -0.3 is 15.6 Å². The van der Waals surface area contributed by atoms with Crippen LogP contribution in [0.3, 0.4) is 0 Å². The molecule has 0 aliphatic carbocycles. The van der Waals surface area contributed by atoms with Crippen LogP contribution < -0.4 is 5.73 Å². The van der Waals surface area contributed by atoms with E-state index in [1.54, 1.807) is 49.4 Å². The van der Waals surface area contributed by atoms with Crippen LogP contribution in [0.25, 0.3) is 0 Å². The van der Waals surface area contributed by atoms with Crippen LogP contribution in [0.1, 0.15) is 22.8 Å². The highest BCUT2D eigenvalue weighted by Crippen LogP contribution is 2.45. The number of hydrogen-bond donors (Lipinski definition) is 2. The predicted molar refractivity (Wildman–Crippen MR) is 83.8 cm³/mol. The van der Waals surface area contributed by atoms with Gasteiger partial charge in [0.2, 0.25) is 0 Å². The molecule has 0 saturated carbocycles. The standard InChI is InChI=1S/C16H15NO4S/c1-16(21-15(17)20,13-4-2-3-5-14(13)19)22-12-8-6-11(10-18)7-9-12/h2-10,19H,1H3,(H2,17,20). The molecule has 2 aromatic carbocycles. The highest BCUT2D eigenvalue weighted by molar-refractivity contribution is 8.00. The highest BCUT2D eigenvalue weighted by Gasteiger charge is 2.34. The number of para-hydroxylation sites is 1. The number of phenolic OH excluding ortho intramolecular Hbond substituents is 1. The molecule has 22 heavy (non-hydrogen) atoms. The fourth-order valence-electron chi connectivity index (χ4n) is 2.02. The summed E-state index contributed by atoms with van der Waals surface area (Å²) in [6.45, 7) is 1.64. The minimum Gasteiger partial charge on any atom is -0.507 e. The second-order valence-electron chi connectivity index (χ2n) is 4.67. The van der Waals surface area contributed by atoms with Crippen molar-refractivity contribution in [2.45, 2.75) is 16.8 Å². The maximum atomic E-state index is 11.2. The normalized spacial score (nSPS) is 13.1. The molecule has 0 aliphatic rings. The quantitative estimate of drug-likeness (QED) is 0.502. The van der Waals surface area contributed by atoms with Crippen molar-refractivity contribution in [2.75, 3.05) is 0 Å². The summed E-state index contributed by atoms with van der Waals surface area (Å²) in [5.41, 5.74) is 6.14. The Kier molecular flexibility index (Phi) is 4.72. The molecule has 0 aliphatic heterocycles. The first-order valence-electron chi connectivity index (χ1n) is 6.46. The number of thioether (sulfide) groups is 1. The lowest BCUT2D eigenvalue weighted by molar-refractivity contribution is 0.0932. The van der Waals surface area contributed by atoms with E-state index in [9.17, 15) is 14.7 Å². The van der Waals surface area contributed by atoms with E-state index < -0.39 is 11.0 Å². The molecule has 0 aromatic heterocycles. The Morgan fingerprint density at radius 2 is 1.86 bits per heavy atom. The average Bonchev–Trinajstić information content (AvgIpc) is 2.47. The molecule has 1 amide bonds. The molecule has 0 fully saturated rings. The molecule has 3 N–H and O–H groups in total. The van der Waals surface area contributed by atoms with Gasteiger partial charge in [0.1, 0.15) is 12.0 Å². The number of carbonyl (C=O) groups excluding carboxylic acids is 2. The molecule has 114 valence electrons. The van der Waals surface area contributed by atoms with Crippen LogP contribution in [0, 0.1) is 0 Å². The fourth-order valence-corrected chi connectivity index (χ4v) is 3.15. The van der Waals surface area contributed by atoms with E-state index in [1.165, 1.54) is 17.8 Å². The molecule has 0 bridgehead atoms. The number of carbonyl (C=O) groups is 2. The van der Waals surface area contributed by atoms with Crippen LogP contribution in [0.5, 0.6) is 5.75 Å². The zero-order valence-electron chi connectivity index (χ0n) is 11.9. The summed E-state index contributed by atoms with van der Waals surface area (Å²) in [5, 5.41) is 10.0. The topological polar surface area (TPSA) is 89.6 Å². The van der Waals surface area contributed by atoms with Crippen molar-refractivity contribution in [1.29, 1.82) is 0 Å². The third-order valence-corrected chi connectivity index (χ3v) is 4.22.